The van der Waals surface area contributed by atoms with E-state index in [2.05, 4.69) is 10.4 Å². The number of carbonyl (C=O) groups is 1. The molecule has 0 aliphatic heterocycles. The lowest BCUT2D eigenvalue weighted by Gasteiger charge is -2.11. The predicted molar refractivity (Wildman–Crippen MR) is 125 cm³/mol. The molecule has 8 heteroatoms. The van der Waals surface area contributed by atoms with E-state index < -0.39 is 10.8 Å². The molecule has 0 saturated carbocycles. The standard InChI is InChI=1S/C25H22N4O4/c1-16-9-7-8-12-23(16)33-22-14-19(13-21(15-22)29(31)32)26-25(30)24-17(2)27-28(18(24)3)20-10-5-4-6-11-20/h4-15H,1-3H3,(H,26,30). The number of benzene rings is 3. The summed E-state index contributed by atoms with van der Waals surface area (Å²) in [6, 6.07) is 21.0. The summed E-state index contributed by atoms with van der Waals surface area (Å²) in [7, 11) is 0. The van der Waals surface area contributed by atoms with Gasteiger partial charge < -0.3 is 10.1 Å². The maximum Gasteiger partial charge on any atom is 0.275 e. The minimum Gasteiger partial charge on any atom is -0.457 e. The highest BCUT2D eigenvalue weighted by molar-refractivity contribution is 6.06. The SMILES string of the molecule is Cc1ccccc1Oc1cc(NC(=O)c2c(C)nn(-c3ccccc3)c2C)cc([N+](=O)[O-])c1. The number of para-hydroxylation sites is 2. The Bertz CT molecular complexity index is 1350. The number of hydrogen-bond donors (Lipinski definition) is 1. The van der Waals surface area contributed by atoms with Crippen LogP contribution in [0, 0.1) is 30.9 Å². The Morgan fingerprint density at radius 1 is 1.00 bits per heavy atom. The third kappa shape index (κ3) is 4.59. The highest BCUT2D eigenvalue weighted by Gasteiger charge is 2.21. The number of ether oxygens (including phenoxy) is 1. The van der Waals surface area contributed by atoms with Gasteiger partial charge in [0.25, 0.3) is 11.6 Å². The Labute approximate surface area is 190 Å². The van der Waals surface area contributed by atoms with Gasteiger partial charge in [0.15, 0.2) is 0 Å². The second kappa shape index (κ2) is 8.96. The molecule has 4 rings (SSSR count). The van der Waals surface area contributed by atoms with Gasteiger partial charge in [-0.3, -0.25) is 14.9 Å². The van der Waals surface area contributed by atoms with Crippen molar-refractivity contribution in [3.8, 4) is 17.2 Å². The molecule has 1 N–H and O–H groups in total. The van der Waals surface area contributed by atoms with E-state index in [0.29, 0.717) is 22.7 Å². The third-order valence-electron chi connectivity index (χ3n) is 5.20. The van der Waals surface area contributed by atoms with Crippen LogP contribution in [0.15, 0.2) is 72.8 Å². The largest absolute Gasteiger partial charge is 0.457 e. The topological polar surface area (TPSA) is 99.3 Å². The van der Waals surface area contributed by atoms with Crippen molar-refractivity contribution in [3.05, 3.63) is 105 Å². The summed E-state index contributed by atoms with van der Waals surface area (Å²) in [6.07, 6.45) is 0. The predicted octanol–water partition coefficient (Wildman–Crippen LogP) is 5.75. The Morgan fingerprint density at radius 2 is 1.70 bits per heavy atom. The summed E-state index contributed by atoms with van der Waals surface area (Å²) in [5.74, 6) is 0.419. The van der Waals surface area contributed by atoms with Gasteiger partial charge in [0, 0.05) is 12.1 Å². The molecule has 0 aliphatic rings. The van der Waals surface area contributed by atoms with Crippen LogP contribution in [0.2, 0.25) is 0 Å². The van der Waals surface area contributed by atoms with Crippen molar-refractivity contribution in [1.82, 2.24) is 9.78 Å². The molecule has 0 fully saturated rings. The molecule has 1 aromatic heterocycles. The third-order valence-corrected chi connectivity index (χ3v) is 5.20. The van der Waals surface area contributed by atoms with Crippen molar-refractivity contribution >= 4 is 17.3 Å². The van der Waals surface area contributed by atoms with E-state index in [1.54, 1.807) is 23.7 Å². The fourth-order valence-electron chi connectivity index (χ4n) is 3.60. The highest BCUT2D eigenvalue weighted by Crippen LogP contribution is 2.31. The number of aryl methyl sites for hydroxylation is 2. The number of amides is 1. The number of non-ortho nitro benzene ring substituents is 1. The molecule has 0 aliphatic carbocycles. The first kappa shape index (κ1) is 21.8. The molecule has 0 radical (unpaired) electrons. The molecule has 1 heterocycles. The highest BCUT2D eigenvalue weighted by atomic mass is 16.6. The lowest BCUT2D eigenvalue weighted by molar-refractivity contribution is -0.384. The molecule has 3 aromatic carbocycles. The van der Waals surface area contributed by atoms with Crippen LogP contribution in [0.3, 0.4) is 0 Å². The van der Waals surface area contributed by atoms with Crippen LogP contribution >= 0.6 is 0 Å². The number of nitro benzene ring substituents is 1. The van der Waals surface area contributed by atoms with Crippen molar-refractivity contribution in [1.29, 1.82) is 0 Å². The molecule has 8 nitrogen and oxygen atoms in total. The van der Waals surface area contributed by atoms with Crippen LogP contribution in [-0.4, -0.2) is 20.6 Å². The molecule has 0 bridgehead atoms. The lowest BCUT2D eigenvalue weighted by atomic mass is 10.1. The average molecular weight is 442 g/mol. The second-order valence-electron chi connectivity index (χ2n) is 7.59. The zero-order valence-corrected chi connectivity index (χ0v) is 18.4. The Kier molecular flexibility index (Phi) is 5.91. The van der Waals surface area contributed by atoms with E-state index >= 15 is 0 Å². The van der Waals surface area contributed by atoms with Gasteiger partial charge in [-0.15, -0.1) is 0 Å². The number of nitro groups is 1. The van der Waals surface area contributed by atoms with Crippen molar-refractivity contribution in [2.45, 2.75) is 20.8 Å². The molecule has 4 aromatic rings. The number of carbonyl (C=O) groups excluding carboxylic acids is 1. The van der Waals surface area contributed by atoms with E-state index in [0.717, 1.165) is 11.3 Å². The number of nitrogens with zero attached hydrogens (tertiary/aromatic N) is 3. The van der Waals surface area contributed by atoms with E-state index in [9.17, 15) is 14.9 Å². The fourth-order valence-corrected chi connectivity index (χ4v) is 3.60. The monoisotopic (exact) mass is 442 g/mol. The van der Waals surface area contributed by atoms with Gasteiger partial charge in [0.1, 0.15) is 11.5 Å². The second-order valence-corrected chi connectivity index (χ2v) is 7.59. The molecule has 0 unspecified atom stereocenters. The van der Waals surface area contributed by atoms with Gasteiger partial charge in [-0.05, 0) is 44.5 Å². The zero-order chi connectivity index (χ0) is 23.5. The van der Waals surface area contributed by atoms with E-state index in [-0.39, 0.29) is 17.1 Å². The van der Waals surface area contributed by atoms with Gasteiger partial charge in [0.05, 0.1) is 39.3 Å². The Balaban J connectivity index is 1.66. The van der Waals surface area contributed by atoms with Crippen molar-refractivity contribution in [3.63, 3.8) is 0 Å². The van der Waals surface area contributed by atoms with Gasteiger partial charge in [-0.25, -0.2) is 4.68 Å². The molecular weight excluding hydrogens is 420 g/mol. The van der Waals surface area contributed by atoms with E-state index in [1.165, 1.54) is 12.1 Å². The van der Waals surface area contributed by atoms with Crippen LogP contribution in [-0.2, 0) is 0 Å². The fraction of sp³-hybridized carbons (Fsp3) is 0.120. The molecule has 33 heavy (non-hydrogen) atoms. The Morgan fingerprint density at radius 3 is 2.39 bits per heavy atom. The molecule has 1 amide bonds. The van der Waals surface area contributed by atoms with E-state index in [4.69, 9.17) is 4.74 Å². The summed E-state index contributed by atoms with van der Waals surface area (Å²) in [6.45, 7) is 5.44. The number of hydrogen-bond acceptors (Lipinski definition) is 5. The van der Waals surface area contributed by atoms with Gasteiger partial charge in [-0.2, -0.15) is 5.10 Å². The van der Waals surface area contributed by atoms with Crippen LogP contribution in [0.25, 0.3) is 5.69 Å². The minimum atomic E-state index is -0.524. The quantitative estimate of drug-likeness (QED) is 0.303. The summed E-state index contributed by atoms with van der Waals surface area (Å²) in [5, 5.41) is 18.7. The maximum absolute atomic E-state index is 13.1. The number of aromatic nitrogens is 2. The maximum atomic E-state index is 13.1. The Hall–Kier alpha value is -4.46. The first-order valence-electron chi connectivity index (χ1n) is 10.3. The number of rotatable bonds is 6. The van der Waals surface area contributed by atoms with Gasteiger partial charge in [0.2, 0.25) is 0 Å². The first-order chi connectivity index (χ1) is 15.8. The van der Waals surface area contributed by atoms with Crippen LogP contribution in [0.1, 0.15) is 27.3 Å². The van der Waals surface area contributed by atoms with E-state index in [1.807, 2.05) is 62.4 Å². The van der Waals surface area contributed by atoms with Gasteiger partial charge in [-0.1, -0.05) is 36.4 Å². The zero-order valence-electron chi connectivity index (χ0n) is 18.4. The molecule has 166 valence electrons. The molecular formula is C25H22N4O4. The lowest BCUT2D eigenvalue weighted by Crippen LogP contribution is -2.14. The van der Waals surface area contributed by atoms with Crippen LogP contribution in [0.4, 0.5) is 11.4 Å². The van der Waals surface area contributed by atoms with Crippen molar-refractivity contribution in [2.24, 2.45) is 0 Å². The molecule has 0 spiro atoms. The molecule has 0 atom stereocenters. The summed E-state index contributed by atoms with van der Waals surface area (Å²) in [4.78, 5) is 24.1. The average Bonchev–Trinajstić information content (AvgIpc) is 3.09. The van der Waals surface area contributed by atoms with Crippen molar-refractivity contribution < 1.29 is 14.5 Å². The smallest absolute Gasteiger partial charge is 0.275 e. The van der Waals surface area contributed by atoms with Gasteiger partial charge >= 0.3 is 0 Å². The summed E-state index contributed by atoms with van der Waals surface area (Å²) in [5.41, 5.74) is 3.41. The molecule has 0 saturated heterocycles. The first-order valence-corrected chi connectivity index (χ1v) is 10.3. The minimum absolute atomic E-state index is 0.190. The van der Waals surface area contributed by atoms with Crippen molar-refractivity contribution in [2.75, 3.05) is 5.32 Å². The number of nitrogens with one attached hydrogen (secondary N) is 1. The summed E-state index contributed by atoms with van der Waals surface area (Å²) < 4.78 is 7.56. The normalized spacial score (nSPS) is 10.6. The van der Waals surface area contributed by atoms with Crippen LogP contribution < -0.4 is 10.1 Å². The van der Waals surface area contributed by atoms with Crippen LogP contribution in [0.5, 0.6) is 11.5 Å². The summed E-state index contributed by atoms with van der Waals surface area (Å²) >= 11 is 0. The number of anilines is 1.